The lowest BCUT2D eigenvalue weighted by Crippen LogP contribution is -2.12. The molecule has 1 aromatic carbocycles. The first kappa shape index (κ1) is 14.8. The van der Waals surface area contributed by atoms with Gasteiger partial charge in [0.15, 0.2) is 0 Å². The van der Waals surface area contributed by atoms with Crippen LogP contribution >= 0.6 is 0 Å². The molecule has 0 aliphatic rings. The number of methoxy groups -OCH3 is 1. The van der Waals surface area contributed by atoms with Gasteiger partial charge in [-0.05, 0) is 42.8 Å². The highest BCUT2D eigenvalue weighted by Gasteiger charge is 2.06. The number of hydrogen-bond acceptors (Lipinski definition) is 4. The van der Waals surface area contributed by atoms with Gasteiger partial charge in [0, 0.05) is 12.1 Å². The summed E-state index contributed by atoms with van der Waals surface area (Å²) in [4.78, 5) is 16.3. The minimum absolute atomic E-state index is 0.172. The van der Waals surface area contributed by atoms with Crippen LogP contribution in [-0.2, 0) is 0 Å². The lowest BCUT2D eigenvalue weighted by atomic mass is 10.2. The Morgan fingerprint density at radius 1 is 1.19 bits per heavy atom. The fraction of sp³-hybridized carbons (Fsp3) is 0.250. The van der Waals surface area contributed by atoms with Crippen molar-refractivity contribution in [3.05, 3.63) is 48.2 Å². The van der Waals surface area contributed by atoms with Gasteiger partial charge in [0.25, 0.3) is 5.91 Å². The second kappa shape index (κ2) is 7.28. The van der Waals surface area contributed by atoms with Crippen LogP contribution in [0.25, 0.3) is 0 Å². The first-order valence-electron chi connectivity index (χ1n) is 6.88. The number of benzene rings is 1. The zero-order valence-corrected chi connectivity index (χ0v) is 12.2. The zero-order chi connectivity index (χ0) is 15.1. The maximum atomic E-state index is 12.1. The number of nitrogens with zero attached hydrogens (tertiary/aromatic N) is 1. The molecule has 2 rings (SSSR count). The van der Waals surface area contributed by atoms with Gasteiger partial charge in [-0.3, -0.25) is 4.79 Å². The van der Waals surface area contributed by atoms with Gasteiger partial charge in [0.1, 0.15) is 11.6 Å². The Hall–Kier alpha value is -2.56. The summed E-state index contributed by atoms with van der Waals surface area (Å²) in [5.74, 6) is 1.35. The van der Waals surface area contributed by atoms with Gasteiger partial charge in [-0.15, -0.1) is 0 Å². The van der Waals surface area contributed by atoms with Crippen molar-refractivity contribution in [2.75, 3.05) is 24.3 Å². The highest BCUT2D eigenvalue weighted by atomic mass is 16.5. The summed E-state index contributed by atoms with van der Waals surface area (Å²) in [6.45, 7) is 2.97. The highest BCUT2D eigenvalue weighted by Crippen LogP contribution is 2.14. The van der Waals surface area contributed by atoms with Crippen LogP contribution in [0.3, 0.4) is 0 Å². The molecule has 0 spiro atoms. The van der Waals surface area contributed by atoms with Gasteiger partial charge < -0.3 is 15.4 Å². The Morgan fingerprint density at radius 2 is 1.95 bits per heavy atom. The predicted molar refractivity (Wildman–Crippen MR) is 84.0 cm³/mol. The summed E-state index contributed by atoms with van der Waals surface area (Å²) >= 11 is 0. The molecular weight excluding hydrogens is 266 g/mol. The van der Waals surface area contributed by atoms with Crippen molar-refractivity contribution in [3.8, 4) is 5.75 Å². The predicted octanol–water partition coefficient (Wildman–Crippen LogP) is 3.16. The zero-order valence-electron chi connectivity index (χ0n) is 12.2. The molecule has 0 saturated heterocycles. The van der Waals surface area contributed by atoms with Gasteiger partial charge in [-0.2, -0.15) is 0 Å². The molecule has 0 bridgehead atoms. The minimum Gasteiger partial charge on any atom is -0.497 e. The number of aromatic nitrogens is 1. The first-order valence-corrected chi connectivity index (χ1v) is 6.88. The third-order valence-electron chi connectivity index (χ3n) is 2.93. The number of amides is 1. The number of carbonyl (C=O) groups is 1. The summed E-state index contributed by atoms with van der Waals surface area (Å²) in [6, 6.07) is 10.6. The smallest absolute Gasteiger partial charge is 0.255 e. The second-order valence-electron chi connectivity index (χ2n) is 4.54. The molecule has 1 heterocycles. The van der Waals surface area contributed by atoms with Crippen LogP contribution in [0, 0.1) is 0 Å². The molecule has 0 aliphatic carbocycles. The normalized spacial score (nSPS) is 10.0. The van der Waals surface area contributed by atoms with Crippen LogP contribution in [0.5, 0.6) is 5.75 Å². The number of ether oxygens (including phenoxy) is 1. The quantitative estimate of drug-likeness (QED) is 0.855. The number of anilines is 2. The Balaban J connectivity index is 1.98. The molecule has 0 atom stereocenters. The van der Waals surface area contributed by atoms with Crippen LogP contribution in [0.1, 0.15) is 23.7 Å². The topological polar surface area (TPSA) is 63.2 Å². The monoisotopic (exact) mass is 285 g/mol. The Labute approximate surface area is 124 Å². The molecule has 2 aromatic rings. The van der Waals surface area contributed by atoms with Crippen molar-refractivity contribution in [2.45, 2.75) is 13.3 Å². The Kier molecular flexibility index (Phi) is 5.15. The fourth-order valence-corrected chi connectivity index (χ4v) is 1.77. The van der Waals surface area contributed by atoms with Crippen molar-refractivity contribution in [3.63, 3.8) is 0 Å². The third-order valence-corrected chi connectivity index (χ3v) is 2.93. The second-order valence-corrected chi connectivity index (χ2v) is 4.54. The van der Waals surface area contributed by atoms with Crippen molar-refractivity contribution in [1.29, 1.82) is 0 Å². The molecule has 1 aromatic heterocycles. The Bertz CT molecular complexity index is 579. The van der Waals surface area contributed by atoms with Crippen molar-refractivity contribution in [1.82, 2.24) is 4.98 Å². The van der Waals surface area contributed by atoms with E-state index < -0.39 is 0 Å². The van der Waals surface area contributed by atoms with E-state index in [1.54, 1.807) is 37.6 Å². The standard InChI is InChI=1S/C16H19N3O2/c1-3-10-17-15-9-6-13(11-18-15)19-16(20)12-4-7-14(21-2)8-5-12/h4-9,11H,3,10H2,1-2H3,(H,17,18)(H,19,20). The average molecular weight is 285 g/mol. The summed E-state index contributed by atoms with van der Waals surface area (Å²) in [6.07, 6.45) is 2.68. The van der Waals surface area contributed by atoms with E-state index in [0.29, 0.717) is 11.3 Å². The van der Waals surface area contributed by atoms with Gasteiger partial charge in [-0.25, -0.2) is 4.98 Å². The fourth-order valence-electron chi connectivity index (χ4n) is 1.77. The molecule has 2 N–H and O–H groups in total. The molecule has 0 saturated carbocycles. The summed E-state index contributed by atoms with van der Waals surface area (Å²) < 4.78 is 5.06. The summed E-state index contributed by atoms with van der Waals surface area (Å²) in [7, 11) is 1.59. The number of nitrogens with one attached hydrogen (secondary N) is 2. The maximum Gasteiger partial charge on any atom is 0.255 e. The van der Waals surface area contributed by atoms with Crippen LogP contribution in [0.4, 0.5) is 11.5 Å². The molecule has 0 radical (unpaired) electrons. The third kappa shape index (κ3) is 4.21. The molecule has 21 heavy (non-hydrogen) atoms. The van der Waals surface area contributed by atoms with Crippen LogP contribution in [-0.4, -0.2) is 24.5 Å². The molecule has 5 heteroatoms. The summed E-state index contributed by atoms with van der Waals surface area (Å²) in [5, 5.41) is 5.99. The largest absolute Gasteiger partial charge is 0.497 e. The van der Waals surface area contributed by atoms with Crippen molar-refractivity contribution < 1.29 is 9.53 Å². The summed E-state index contributed by atoms with van der Waals surface area (Å²) in [5.41, 5.74) is 1.24. The van der Waals surface area contributed by atoms with Gasteiger partial charge in [0.05, 0.1) is 19.0 Å². The van der Waals surface area contributed by atoms with Crippen LogP contribution in [0.15, 0.2) is 42.6 Å². The molecule has 110 valence electrons. The van der Waals surface area contributed by atoms with E-state index in [9.17, 15) is 4.79 Å². The van der Waals surface area contributed by atoms with Crippen molar-refractivity contribution >= 4 is 17.4 Å². The molecule has 5 nitrogen and oxygen atoms in total. The number of rotatable bonds is 6. The maximum absolute atomic E-state index is 12.1. The van der Waals surface area contributed by atoms with E-state index in [-0.39, 0.29) is 5.91 Å². The van der Waals surface area contributed by atoms with E-state index in [2.05, 4.69) is 22.5 Å². The van der Waals surface area contributed by atoms with E-state index in [1.807, 2.05) is 12.1 Å². The molecule has 1 amide bonds. The van der Waals surface area contributed by atoms with E-state index in [4.69, 9.17) is 4.74 Å². The van der Waals surface area contributed by atoms with E-state index in [1.165, 1.54) is 0 Å². The van der Waals surface area contributed by atoms with Gasteiger partial charge in [-0.1, -0.05) is 6.92 Å². The van der Waals surface area contributed by atoms with Crippen molar-refractivity contribution in [2.24, 2.45) is 0 Å². The molecule has 0 fully saturated rings. The highest BCUT2D eigenvalue weighted by molar-refractivity contribution is 6.04. The number of hydrogen-bond donors (Lipinski definition) is 2. The van der Waals surface area contributed by atoms with Gasteiger partial charge in [0.2, 0.25) is 0 Å². The van der Waals surface area contributed by atoms with Crippen LogP contribution in [0.2, 0.25) is 0 Å². The van der Waals surface area contributed by atoms with Gasteiger partial charge >= 0.3 is 0 Å². The van der Waals surface area contributed by atoms with Crippen LogP contribution < -0.4 is 15.4 Å². The van der Waals surface area contributed by atoms with E-state index >= 15 is 0 Å². The lowest BCUT2D eigenvalue weighted by Gasteiger charge is -2.07. The Morgan fingerprint density at radius 3 is 2.52 bits per heavy atom. The van der Waals surface area contributed by atoms with E-state index in [0.717, 1.165) is 24.5 Å². The number of pyridine rings is 1. The molecule has 0 unspecified atom stereocenters. The SMILES string of the molecule is CCCNc1ccc(NC(=O)c2ccc(OC)cc2)cn1. The lowest BCUT2D eigenvalue weighted by molar-refractivity contribution is 0.102. The number of carbonyl (C=O) groups excluding carboxylic acids is 1. The molecular formula is C16H19N3O2. The average Bonchev–Trinajstić information content (AvgIpc) is 2.54. The first-order chi connectivity index (χ1) is 10.2. The molecule has 0 aliphatic heterocycles. The minimum atomic E-state index is -0.172.